The van der Waals surface area contributed by atoms with Crippen LogP contribution >= 0.6 is 12.4 Å². The van der Waals surface area contributed by atoms with Crippen molar-refractivity contribution in [3.63, 3.8) is 0 Å². The summed E-state index contributed by atoms with van der Waals surface area (Å²) in [5, 5.41) is 3.23. The van der Waals surface area contributed by atoms with Gasteiger partial charge in [-0.05, 0) is 24.5 Å². The third kappa shape index (κ3) is 3.24. The molecule has 7 heteroatoms. The van der Waals surface area contributed by atoms with Gasteiger partial charge < -0.3 is 5.32 Å². The molecule has 1 unspecified atom stereocenters. The first-order valence-electron chi connectivity index (χ1n) is 7.13. The summed E-state index contributed by atoms with van der Waals surface area (Å²) in [6, 6.07) is 8.13. The maximum absolute atomic E-state index is 12.8. The summed E-state index contributed by atoms with van der Waals surface area (Å²) in [6.07, 6.45) is 0.801. The molecule has 118 valence electrons. The van der Waals surface area contributed by atoms with Crippen LogP contribution in [0.25, 0.3) is 0 Å². The standard InChI is InChI=1S/C14H21N3O2S.ClH/c1-12-10-15-7-9-17(12)20(18,19)16-8-6-13-4-2-3-5-14(13)11-16;/h2-5,12,15H,6-11H2,1H3;1H. The molecule has 0 saturated carbocycles. The van der Waals surface area contributed by atoms with Crippen LogP contribution in [0.2, 0.25) is 0 Å². The largest absolute Gasteiger partial charge is 0.314 e. The molecule has 1 saturated heterocycles. The molecule has 0 spiro atoms. The van der Waals surface area contributed by atoms with Gasteiger partial charge in [0.15, 0.2) is 0 Å². The molecule has 2 aliphatic rings. The lowest BCUT2D eigenvalue weighted by Gasteiger charge is -2.38. The Balaban J connectivity index is 0.00000161. The Bertz CT molecular complexity index is 594. The van der Waals surface area contributed by atoms with E-state index in [9.17, 15) is 8.42 Å². The van der Waals surface area contributed by atoms with Crippen LogP contribution in [0.3, 0.4) is 0 Å². The van der Waals surface area contributed by atoms with Crippen molar-refractivity contribution in [2.24, 2.45) is 0 Å². The van der Waals surface area contributed by atoms with Crippen molar-refractivity contribution >= 4 is 22.6 Å². The second-order valence-electron chi connectivity index (χ2n) is 5.52. The fraction of sp³-hybridized carbons (Fsp3) is 0.571. The molecule has 2 aliphatic heterocycles. The molecule has 1 fully saturated rings. The average molecular weight is 332 g/mol. The Morgan fingerprint density at radius 3 is 2.62 bits per heavy atom. The van der Waals surface area contributed by atoms with Crippen LogP contribution in [-0.4, -0.2) is 49.2 Å². The van der Waals surface area contributed by atoms with Gasteiger partial charge in [-0.1, -0.05) is 24.3 Å². The third-order valence-corrected chi connectivity index (χ3v) is 6.26. The van der Waals surface area contributed by atoms with Crippen LogP contribution in [0.1, 0.15) is 18.1 Å². The first-order valence-corrected chi connectivity index (χ1v) is 8.53. The van der Waals surface area contributed by atoms with Crippen LogP contribution in [0.4, 0.5) is 0 Å². The average Bonchev–Trinajstić information content (AvgIpc) is 2.47. The summed E-state index contributed by atoms with van der Waals surface area (Å²) in [4.78, 5) is 0. The molecular weight excluding hydrogens is 310 g/mol. The van der Waals surface area contributed by atoms with Gasteiger partial charge in [0.2, 0.25) is 0 Å². The minimum absolute atomic E-state index is 0. The van der Waals surface area contributed by atoms with Crippen LogP contribution in [0, 0.1) is 0 Å². The summed E-state index contributed by atoms with van der Waals surface area (Å²) in [7, 11) is -3.35. The molecule has 1 atom stereocenters. The zero-order valence-corrected chi connectivity index (χ0v) is 13.8. The van der Waals surface area contributed by atoms with Crippen molar-refractivity contribution in [1.29, 1.82) is 0 Å². The van der Waals surface area contributed by atoms with E-state index in [0.29, 0.717) is 19.6 Å². The molecule has 5 nitrogen and oxygen atoms in total. The van der Waals surface area contributed by atoms with E-state index in [-0.39, 0.29) is 18.4 Å². The maximum Gasteiger partial charge on any atom is 0.282 e. The number of hydrogen-bond acceptors (Lipinski definition) is 3. The number of hydrogen-bond donors (Lipinski definition) is 1. The molecular formula is C14H22ClN3O2S. The summed E-state index contributed by atoms with van der Waals surface area (Å²) in [5.41, 5.74) is 2.40. The SMILES string of the molecule is CC1CNCCN1S(=O)(=O)N1CCc2ccccc2C1.Cl. The van der Waals surface area contributed by atoms with Gasteiger partial charge in [0.05, 0.1) is 0 Å². The monoisotopic (exact) mass is 331 g/mol. The molecule has 1 aromatic rings. The van der Waals surface area contributed by atoms with Gasteiger partial charge >= 0.3 is 0 Å². The zero-order chi connectivity index (χ0) is 14.2. The molecule has 1 aromatic carbocycles. The fourth-order valence-electron chi connectivity index (χ4n) is 2.98. The van der Waals surface area contributed by atoms with E-state index in [4.69, 9.17) is 0 Å². The van der Waals surface area contributed by atoms with Crippen molar-refractivity contribution in [1.82, 2.24) is 13.9 Å². The fourth-order valence-corrected chi connectivity index (χ4v) is 4.75. The van der Waals surface area contributed by atoms with Crippen LogP contribution in [-0.2, 0) is 23.2 Å². The Morgan fingerprint density at radius 2 is 1.90 bits per heavy atom. The van der Waals surface area contributed by atoms with Gasteiger partial charge in [-0.3, -0.25) is 0 Å². The molecule has 1 N–H and O–H groups in total. The lowest BCUT2D eigenvalue weighted by Crippen LogP contribution is -2.56. The highest BCUT2D eigenvalue weighted by Crippen LogP contribution is 2.23. The molecule has 0 bridgehead atoms. The Labute approximate surface area is 132 Å². The highest BCUT2D eigenvalue weighted by atomic mass is 35.5. The van der Waals surface area contributed by atoms with E-state index in [1.807, 2.05) is 25.1 Å². The van der Waals surface area contributed by atoms with Crippen molar-refractivity contribution in [3.05, 3.63) is 35.4 Å². The van der Waals surface area contributed by atoms with E-state index in [1.165, 1.54) is 5.56 Å². The van der Waals surface area contributed by atoms with Crippen molar-refractivity contribution in [2.75, 3.05) is 26.2 Å². The van der Waals surface area contributed by atoms with Gasteiger partial charge in [-0.25, -0.2) is 0 Å². The Kier molecular flexibility index (Phi) is 5.27. The molecule has 3 rings (SSSR count). The number of fused-ring (bicyclic) bond motifs is 1. The van der Waals surface area contributed by atoms with E-state index < -0.39 is 10.2 Å². The molecule has 0 amide bonds. The quantitative estimate of drug-likeness (QED) is 0.880. The summed E-state index contributed by atoms with van der Waals surface area (Å²) < 4.78 is 28.8. The smallest absolute Gasteiger partial charge is 0.282 e. The lowest BCUT2D eigenvalue weighted by atomic mass is 10.0. The minimum atomic E-state index is -3.35. The van der Waals surface area contributed by atoms with Crippen molar-refractivity contribution in [3.8, 4) is 0 Å². The molecule has 21 heavy (non-hydrogen) atoms. The molecule has 0 aliphatic carbocycles. The Morgan fingerprint density at radius 1 is 1.19 bits per heavy atom. The number of nitrogens with zero attached hydrogens (tertiary/aromatic N) is 2. The van der Waals surface area contributed by atoms with E-state index in [2.05, 4.69) is 11.4 Å². The molecule has 2 heterocycles. The van der Waals surface area contributed by atoms with Crippen molar-refractivity contribution in [2.45, 2.75) is 25.9 Å². The van der Waals surface area contributed by atoms with Gasteiger partial charge in [0.1, 0.15) is 0 Å². The topological polar surface area (TPSA) is 52.7 Å². The minimum Gasteiger partial charge on any atom is -0.314 e. The number of halogens is 1. The third-order valence-electron chi connectivity index (χ3n) is 4.16. The van der Waals surface area contributed by atoms with Gasteiger partial charge in [-0.15, -0.1) is 12.4 Å². The summed E-state index contributed by atoms with van der Waals surface area (Å²) >= 11 is 0. The first kappa shape index (κ1) is 16.7. The molecule has 0 radical (unpaired) electrons. The Hall–Kier alpha value is -0.660. The van der Waals surface area contributed by atoms with Gasteiger partial charge in [0, 0.05) is 38.8 Å². The van der Waals surface area contributed by atoms with E-state index in [0.717, 1.165) is 25.1 Å². The molecule has 0 aromatic heterocycles. The van der Waals surface area contributed by atoms with Gasteiger partial charge in [0.25, 0.3) is 10.2 Å². The van der Waals surface area contributed by atoms with E-state index in [1.54, 1.807) is 8.61 Å². The van der Waals surface area contributed by atoms with Crippen LogP contribution < -0.4 is 5.32 Å². The normalized spacial score (nSPS) is 24.1. The summed E-state index contributed by atoms with van der Waals surface area (Å²) in [5.74, 6) is 0. The highest BCUT2D eigenvalue weighted by molar-refractivity contribution is 7.86. The predicted octanol–water partition coefficient (Wildman–Crippen LogP) is 1.01. The number of piperazine rings is 1. The number of rotatable bonds is 2. The predicted molar refractivity (Wildman–Crippen MR) is 85.8 cm³/mol. The second kappa shape index (κ2) is 6.62. The zero-order valence-electron chi connectivity index (χ0n) is 12.2. The number of nitrogens with one attached hydrogen (secondary N) is 1. The summed E-state index contributed by atoms with van der Waals surface area (Å²) in [6.45, 7) is 5.05. The van der Waals surface area contributed by atoms with E-state index >= 15 is 0 Å². The first-order chi connectivity index (χ1) is 9.59. The van der Waals surface area contributed by atoms with Crippen LogP contribution in [0.15, 0.2) is 24.3 Å². The van der Waals surface area contributed by atoms with Crippen LogP contribution in [0.5, 0.6) is 0 Å². The lowest BCUT2D eigenvalue weighted by molar-refractivity contribution is 0.252. The maximum atomic E-state index is 12.8. The van der Waals surface area contributed by atoms with Crippen molar-refractivity contribution < 1.29 is 8.42 Å². The van der Waals surface area contributed by atoms with Gasteiger partial charge in [-0.2, -0.15) is 17.0 Å². The number of benzene rings is 1. The highest BCUT2D eigenvalue weighted by Gasteiger charge is 2.35. The second-order valence-corrected chi connectivity index (χ2v) is 7.40.